The standard InChI is InChI=1S/C11H12N2O3/c1-7(14)16-9-6-8-4-3-5-12-10(8)11(9)13-15-2/h3-5,9H,6H2,1-2H3. The number of aromatic nitrogens is 1. The second-order valence-electron chi connectivity index (χ2n) is 3.47. The van der Waals surface area contributed by atoms with Gasteiger partial charge in [0.1, 0.15) is 12.8 Å². The molecule has 0 radical (unpaired) electrons. The van der Waals surface area contributed by atoms with E-state index in [2.05, 4.69) is 10.1 Å². The lowest BCUT2D eigenvalue weighted by atomic mass is 10.2. The third-order valence-corrected chi connectivity index (χ3v) is 2.34. The van der Waals surface area contributed by atoms with E-state index in [-0.39, 0.29) is 12.1 Å². The third-order valence-electron chi connectivity index (χ3n) is 2.34. The molecule has 1 aromatic rings. The van der Waals surface area contributed by atoms with Gasteiger partial charge in [-0.15, -0.1) is 0 Å². The van der Waals surface area contributed by atoms with E-state index in [0.29, 0.717) is 12.1 Å². The maximum atomic E-state index is 11.0. The van der Waals surface area contributed by atoms with Gasteiger partial charge in [0.05, 0.1) is 5.69 Å². The smallest absolute Gasteiger partial charge is 0.303 e. The van der Waals surface area contributed by atoms with Crippen LogP contribution in [-0.4, -0.2) is 29.9 Å². The highest BCUT2D eigenvalue weighted by atomic mass is 16.6. The van der Waals surface area contributed by atoms with Crippen LogP contribution >= 0.6 is 0 Å². The Kier molecular flexibility index (Phi) is 2.85. The summed E-state index contributed by atoms with van der Waals surface area (Å²) in [5.41, 5.74) is 2.34. The van der Waals surface area contributed by atoms with Crippen molar-refractivity contribution in [2.45, 2.75) is 19.4 Å². The number of carbonyl (C=O) groups is 1. The Morgan fingerprint density at radius 2 is 2.44 bits per heavy atom. The highest BCUT2D eigenvalue weighted by Gasteiger charge is 2.32. The molecule has 2 rings (SSSR count). The topological polar surface area (TPSA) is 60.8 Å². The van der Waals surface area contributed by atoms with Crippen LogP contribution in [0, 0.1) is 0 Å². The lowest BCUT2D eigenvalue weighted by Gasteiger charge is -2.09. The maximum Gasteiger partial charge on any atom is 0.303 e. The summed E-state index contributed by atoms with van der Waals surface area (Å²) in [6.45, 7) is 1.38. The van der Waals surface area contributed by atoms with Crippen LogP contribution in [0.5, 0.6) is 0 Å². The minimum absolute atomic E-state index is 0.332. The monoisotopic (exact) mass is 220 g/mol. The van der Waals surface area contributed by atoms with Crippen molar-refractivity contribution in [2.75, 3.05) is 7.11 Å². The number of pyridine rings is 1. The highest BCUT2D eigenvalue weighted by Crippen LogP contribution is 2.23. The Bertz CT molecular complexity index is 443. The zero-order valence-corrected chi connectivity index (χ0v) is 9.14. The molecule has 1 aliphatic carbocycles. The van der Waals surface area contributed by atoms with E-state index in [4.69, 9.17) is 9.57 Å². The lowest BCUT2D eigenvalue weighted by Crippen LogP contribution is -2.24. The Labute approximate surface area is 93.1 Å². The number of hydrogen-bond acceptors (Lipinski definition) is 5. The van der Waals surface area contributed by atoms with Gasteiger partial charge < -0.3 is 9.57 Å². The fraction of sp³-hybridized carbons (Fsp3) is 0.364. The molecular weight excluding hydrogens is 208 g/mol. The Balaban J connectivity index is 2.34. The zero-order valence-electron chi connectivity index (χ0n) is 9.14. The summed E-state index contributed by atoms with van der Waals surface area (Å²) in [5, 5.41) is 3.88. The van der Waals surface area contributed by atoms with Gasteiger partial charge in [-0.2, -0.15) is 0 Å². The molecule has 0 bridgehead atoms. The number of fused-ring (bicyclic) bond motifs is 1. The van der Waals surface area contributed by atoms with Crippen molar-refractivity contribution in [3.8, 4) is 0 Å². The second kappa shape index (κ2) is 4.30. The van der Waals surface area contributed by atoms with Gasteiger partial charge in [-0.05, 0) is 11.6 Å². The molecule has 0 aliphatic heterocycles. The molecule has 1 aromatic heterocycles. The molecule has 0 saturated heterocycles. The van der Waals surface area contributed by atoms with Crippen molar-refractivity contribution < 1.29 is 14.4 Å². The fourth-order valence-electron chi connectivity index (χ4n) is 1.78. The van der Waals surface area contributed by atoms with E-state index < -0.39 is 0 Å². The van der Waals surface area contributed by atoms with Crippen LogP contribution in [-0.2, 0) is 20.8 Å². The molecule has 0 saturated carbocycles. The van der Waals surface area contributed by atoms with Gasteiger partial charge in [0.15, 0.2) is 6.10 Å². The average Bonchev–Trinajstić information content (AvgIpc) is 2.57. The van der Waals surface area contributed by atoms with Crippen molar-refractivity contribution in [3.05, 3.63) is 29.6 Å². The molecule has 5 heteroatoms. The zero-order chi connectivity index (χ0) is 11.5. The van der Waals surface area contributed by atoms with Gasteiger partial charge >= 0.3 is 5.97 Å². The highest BCUT2D eigenvalue weighted by molar-refractivity contribution is 6.06. The van der Waals surface area contributed by atoms with Crippen LogP contribution in [0.1, 0.15) is 18.2 Å². The van der Waals surface area contributed by atoms with Crippen molar-refractivity contribution in [1.82, 2.24) is 4.98 Å². The summed E-state index contributed by atoms with van der Waals surface area (Å²) < 4.78 is 5.17. The van der Waals surface area contributed by atoms with E-state index in [1.807, 2.05) is 12.1 Å². The van der Waals surface area contributed by atoms with Crippen molar-refractivity contribution in [3.63, 3.8) is 0 Å². The van der Waals surface area contributed by atoms with Gasteiger partial charge in [0, 0.05) is 19.5 Å². The molecule has 1 heterocycles. The number of oxime groups is 1. The SMILES string of the molecule is CON=C1c2ncccc2CC1OC(C)=O. The molecule has 84 valence electrons. The quantitative estimate of drug-likeness (QED) is 0.549. The lowest BCUT2D eigenvalue weighted by molar-refractivity contribution is -0.143. The molecule has 0 N–H and O–H groups in total. The summed E-state index contributed by atoms with van der Waals surface area (Å²) in [4.78, 5) is 19.9. The normalized spacial score (nSPS) is 20.6. The Morgan fingerprint density at radius 3 is 3.12 bits per heavy atom. The average molecular weight is 220 g/mol. The van der Waals surface area contributed by atoms with Crippen LogP contribution < -0.4 is 0 Å². The molecule has 1 atom stereocenters. The molecule has 0 spiro atoms. The van der Waals surface area contributed by atoms with Crippen LogP contribution in [0.3, 0.4) is 0 Å². The number of nitrogens with zero attached hydrogens (tertiary/aromatic N) is 2. The van der Waals surface area contributed by atoms with Crippen molar-refractivity contribution in [1.29, 1.82) is 0 Å². The van der Waals surface area contributed by atoms with Crippen LogP contribution in [0.2, 0.25) is 0 Å². The molecule has 1 aliphatic rings. The maximum absolute atomic E-state index is 11.0. The van der Waals surface area contributed by atoms with Crippen molar-refractivity contribution in [2.24, 2.45) is 5.16 Å². The summed E-state index contributed by atoms with van der Waals surface area (Å²) >= 11 is 0. The van der Waals surface area contributed by atoms with E-state index in [9.17, 15) is 4.79 Å². The van der Waals surface area contributed by atoms with E-state index in [0.717, 1.165) is 11.3 Å². The number of ether oxygens (including phenoxy) is 1. The van der Waals surface area contributed by atoms with Gasteiger partial charge in [-0.25, -0.2) is 0 Å². The molecule has 16 heavy (non-hydrogen) atoms. The first-order valence-corrected chi connectivity index (χ1v) is 4.95. The minimum atomic E-state index is -0.387. The Morgan fingerprint density at radius 1 is 1.62 bits per heavy atom. The van der Waals surface area contributed by atoms with Gasteiger partial charge in [0.25, 0.3) is 0 Å². The fourth-order valence-corrected chi connectivity index (χ4v) is 1.78. The molecule has 5 nitrogen and oxygen atoms in total. The predicted octanol–water partition coefficient (Wildman–Crippen LogP) is 0.920. The second-order valence-corrected chi connectivity index (χ2v) is 3.47. The van der Waals surface area contributed by atoms with Gasteiger partial charge in [0.2, 0.25) is 0 Å². The summed E-state index contributed by atoms with van der Waals surface area (Å²) in [6.07, 6.45) is 1.90. The van der Waals surface area contributed by atoms with E-state index in [1.165, 1.54) is 14.0 Å². The van der Waals surface area contributed by atoms with Crippen LogP contribution in [0.4, 0.5) is 0 Å². The molecule has 0 aromatic carbocycles. The van der Waals surface area contributed by atoms with Gasteiger partial charge in [-0.1, -0.05) is 11.2 Å². The number of rotatable bonds is 2. The summed E-state index contributed by atoms with van der Waals surface area (Å²) in [6, 6.07) is 3.79. The third kappa shape index (κ3) is 1.88. The van der Waals surface area contributed by atoms with Crippen molar-refractivity contribution >= 4 is 11.7 Å². The molecular formula is C11H12N2O3. The first-order valence-electron chi connectivity index (χ1n) is 4.95. The first-order chi connectivity index (χ1) is 7.72. The summed E-state index contributed by atoms with van der Waals surface area (Å²) in [5.74, 6) is -0.332. The molecule has 1 unspecified atom stereocenters. The summed E-state index contributed by atoms with van der Waals surface area (Å²) in [7, 11) is 1.46. The Hall–Kier alpha value is -1.91. The predicted molar refractivity (Wildman–Crippen MR) is 57.0 cm³/mol. The number of carbonyl (C=O) groups excluding carboxylic acids is 1. The number of hydrogen-bond donors (Lipinski definition) is 0. The van der Waals surface area contributed by atoms with Crippen LogP contribution in [0.25, 0.3) is 0 Å². The minimum Gasteiger partial charge on any atom is -0.455 e. The number of esters is 1. The van der Waals surface area contributed by atoms with Gasteiger partial charge in [-0.3, -0.25) is 9.78 Å². The van der Waals surface area contributed by atoms with Crippen LogP contribution in [0.15, 0.2) is 23.5 Å². The molecule has 0 amide bonds. The molecule has 0 fully saturated rings. The largest absolute Gasteiger partial charge is 0.455 e. The van der Waals surface area contributed by atoms with E-state index >= 15 is 0 Å². The first kappa shape index (κ1) is 10.6. The van der Waals surface area contributed by atoms with E-state index in [1.54, 1.807) is 6.20 Å².